The average Bonchev–Trinajstić information content (AvgIpc) is 3.07. The minimum atomic E-state index is 0.328. The highest BCUT2D eigenvalue weighted by molar-refractivity contribution is 5.81. The normalized spacial score (nSPS) is 18.1. The standard InChI is InChI=1S/C18H24N2O2/c1-5-15-7-2-10-20-18(15)16(6-1)13-19-9-4-11-21-14-17-8-3-12-22-17/h1-2,5-7,10,17,19H,3-4,8-9,11-14H2. The number of rotatable bonds is 8. The van der Waals surface area contributed by atoms with Gasteiger partial charge in [0.05, 0.1) is 18.2 Å². The SMILES string of the molecule is c1cnc2c(CNCCCOCC3CCCO3)cccc2c1. The van der Waals surface area contributed by atoms with Crippen molar-refractivity contribution in [3.05, 3.63) is 42.1 Å². The molecule has 1 aromatic carbocycles. The maximum atomic E-state index is 5.66. The van der Waals surface area contributed by atoms with Crippen LogP contribution in [0.5, 0.6) is 0 Å². The molecule has 1 aliphatic rings. The second-order valence-corrected chi connectivity index (χ2v) is 5.73. The largest absolute Gasteiger partial charge is 0.379 e. The van der Waals surface area contributed by atoms with Crippen LogP contribution in [0.2, 0.25) is 0 Å². The van der Waals surface area contributed by atoms with Gasteiger partial charge in [0.15, 0.2) is 0 Å². The molecule has 2 heterocycles. The van der Waals surface area contributed by atoms with Gasteiger partial charge in [0.2, 0.25) is 0 Å². The summed E-state index contributed by atoms with van der Waals surface area (Å²) in [5.74, 6) is 0. The van der Waals surface area contributed by atoms with Gasteiger partial charge in [0.1, 0.15) is 0 Å². The summed E-state index contributed by atoms with van der Waals surface area (Å²) < 4.78 is 11.2. The molecule has 1 atom stereocenters. The second-order valence-electron chi connectivity index (χ2n) is 5.73. The molecule has 0 bridgehead atoms. The lowest BCUT2D eigenvalue weighted by molar-refractivity contribution is 0.0166. The molecule has 4 heteroatoms. The van der Waals surface area contributed by atoms with Gasteiger partial charge in [-0.1, -0.05) is 24.3 Å². The lowest BCUT2D eigenvalue weighted by Gasteiger charge is -2.10. The summed E-state index contributed by atoms with van der Waals surface area (Å²) >= 11 is 0. The first kappa shape index (κ1) is 15.4. The first-order valence-corrected chi connectivity index (χ1v) is 8.16. The van der Waals surface area contributed by atoms with E-state index in [0.29, 0.717) is 6.10 Å². The van der Waals surface area contributed by atoms with Crippen LogP contribution in [0.4, 0.5) is 0 Å². The van der Waals surface area contributed by atoms with E-state index in [4.69, 9.17) is 9.47 Å². The van der Waals surface area contributed by atoms with Crippen LogP contribution in [0.25, 0.3) is 10.9 Å². The van der Waals surface area contributed by atoms with Crippen molar-refractivity contribution < 1.29 is 9.47 Å². The number of hydrogen-bond acceptors (Lipinski definition) is 4. The van der Waals surface area contributed by atoms with Crippen LogP contribution in [-0.2, 0) is 16.0 Å². The maximum absolute atomic E-state index is 5.66. The number of benzene rings is 1. The molecule has 1 unspecified atom stereocenters. The number of ether oxygens (including phenoxy) is 2. The average molecular weight is 300 g/mol. The van der Waals surface area contributed by atoms with E-state index in [9.17, 15) is 0 Å². The fraction of sp³-hybridized carbons (Fsp3) is 0.500. The smallest absolute Gasteiger partial charge is 0.0809 e. The third-order valence-electron chi connectivity index (χ3n) is 4.00. The summed E-state index contributed by atoms with van der Waals surface area (Å²) in [6.07, 6.45) is 5.52. The first-order chi connectivity index (χ1) is 10.9. The van der Waals surface area contributed by atoms with Crippen molar-refractivity contribution in [2.45, 2.75) is 31.9 Å². The summed E-state index contributed by atoms with van der Waals surface area (Å²) in [5.41, 5.74) is 2.34. The van der Waals surface area contributed by atoms with Gasteiger partial charge in [0.25, 0.3) is 0 Å². The molecule has 1 fully saturated rings. The third kappa shape index (κ3) is 4.26. The Balaban J connectivity index is 1.34. The topological polar surface area (TPSA) is 43.4 Å². The van der Waals surface area contributed by atoms with Gasteiger partial charge in [-0.2, -0.15) is 0 Å². The summed E-state index contributed by atoms with van der Waals surface area (Å²) in [4.78, 5) is 4.48. The molecule has 3 rings (SSSR count). The van der Waals surface area contributed by atoms with Gasteiger partial charge < -0.3 is 14.8 Å². The molecule has 1 saturated heterocycles. The van der Waals surface area contributed by atoms with Crippen LogP contribution in [0, 0.1) is 0 Å². The van der Waals surface area contributed by atoms with Gasteiger partial charge in [-0.15, -0.1) is 0 Å². The zero-order valence-corrected chi connectivity index (χ0v) is 13.0. The predicted molar refractivity (Wildman–Crippen MR) is 87.9 cm³/mol. The second kappa shape index (κ2) is 8.22. The molecule has 2 aromatic rings. The van der Waals surface area contributed by atoms with Gasteiger partial charge in [-0.05, 0) is 37.4 Å². The third-order valence-corrected chi connectivity index (χ3v) is 4.00. The monoisotopic (exact) mass is 300 g/mol. The molecule has 1 aliphatic heterocycles. The van der Waals surface area contributed by atoms with Crippen molar-refractivity contribution in [3.63, 3.8) is 0 Å². The molecule has 22 heavy (non-hydrogen) atoms. The van der Waals surface area contributed by atoms with Gasteiger partial charge in [0, 0.05) is 31.3 Å². The van der Waals surface area contributed by atoms with Crippen LogP contribution < -0.4 is 5.32 Å². The number of fused-ring (bicyclic) bond motifs is 1. The van der Waals surface area contributed by atoms with Gasteiger partial charge in [-0.25, -0.2) is 0 Å². The van der Waals surface area contributed by atoms with E-state index >= 15 is 0 Å². The molecule has 0 spiro atoms. The van der Waals surface area contributed by atoms with Crippen LogP contribution in [0.15, 0.2) is 36.5 Å². The minimum absolute atomic E-state index is 0.328. The summed E-state index contributed by atoms with van der Waals surface area (Å²) in [5, 5.41) is 4.67. The predicted octanol–water partition coefficient (Wildman–Crippen LogP) is 2.91. The van der Waals surface area contributed by atoms with Crippen molar-refractivity contribution in [3.8, 4) is 0 Å². The Bertz CT molecular complexity index is 577. The van der Waals surface area contributed by atoms with Crippen molar-refractivity contribution in [2.75, 3.05) is 26.4 Å². The zero-order valence-electron chi connectivity index (χ0n) is 13.0. The zero-order chi connectivity index (χ0) is 15.0. The Morgan fingerprint density at radius 1 is 1.27 bits per heavy atom. The molecular formula is C18H24N2O2. The van der Waals surface area contributed by atoms with E-state index in [1.807, 2.05) is 12.3 Å². The van der Waals surface area contributed by atoms with E-state index in [1.165, 1.54) is 17.4 Å². The lowest BCUT2D eigenvalue weighted by atomic mass is 10.1. The Morgan fingerprint density at radius 2 is 2.23 bits per heavy atom. The Morgan fingerprint density at radius 3 is 3.14 bits per heavy atom. The summed E-state index contributed by atoms with van der Waals surface area (Å²) in [7, 11) is 0. The molecule has 0 aliphatic carbocycles. The van der Waals surface area contributed by atoms with E-state index < -0.39 is 0 Å². The molecule has 1 aromatic heterocycles. The molecule has 0 saturated carbocycles. The van der Waals surface area contributed by atoms with E-state index in [1.54, 1.807) is 0 Å². The van der Waals surface area contributed by atoms with Crippen molar-refractivity contribution >= 4 is 10.9 Å². The minimum Gasteiger partial charge on any atom is -0.379 e. The number of para-hydroxylation sites is 1. The Hall–Kier alpha value is -1.49. The van der Waals surface area contributed by atoms with Gasteiger partial charge >= 0.3 is 0 Å². The number of nitrogens with zero attached hydrogens (tertiary/aromatic N) is 1. The molecule has 118 valence electrons. The Labute approximate surface area is 131 Å². The van der Waals surface area contributed by atoms with Crippen molar-refractivity contribution in [1.82, 2.24) is 10.3 Å². The molecule has 0 radical (unpaired) electrons. The maximum Gasteiger partial charge on any atom is 0.0809 e. The summed E-state index contributed by atoms with van der Waals surface area (Å²) in [6, 6.07) is 10.4. The first-order valence-electron chi connectivity index (χ1n) is 8.16. The number of hydrogen-bond donors (Lipinski definition) is 1. The highest BCUT2D eigenvalue weighted by Gasteiger charge is 2.14. The molecule has 4 nitrogen and oxygen atoms in total. The summed E-state index contributed by atoms with van der Waals surface area (Å²) in [6.45, 7) is 4.23. The van der Waals surface area contributed by atoms with Gasteiger partial charge in [-0.3, -0.25) is 4.98 Å². The van der Waals surface area contributed by atoms with Crippen molar-refractivity contribution in [2.24, 2.45) is 0 Å². The molecule has 0 amide bonds. The van der Waals surface area contributed by atoms with Crippen LogP contribution in [0.1, 0.15) is 24.8 Å². The lowest BCUT2D eigenvalue weighted by Crippen LogP contribution is -2.19. The fourth-order valence-corrected chi connectivity index (χ4v) is 2.82. The molecular weight excluding hydrogens is 276 g/mol. The highest BCUT2D eigenvalue weighted by Crippen LogP contribution is 2.15. The Kier molecular flexibility index (Phi) is 5.76. The van der Waals surface area contributed by atoms with Crippen LogP contribution in [-0.4, -0.2) is 37.5 Å². The number of aromatic nitrogens is 1. The van der Waals surface area contributed by atoms with Crippen molar-refractivity contribution in [1.29, 1.82) is 0 Å². The number of nitrogens with one attached hydrogen (secondary N) is 1. The van der Waals surface area contributed by atoms with Crippen LogP contribution in [0.3, 0.4) is 0 Å². The van der Waals surface area contributed by atoms with E-state index in [-0.39, 0.29) is 0 Å². The highest BCUT2D eigenvalue weighted by atomic mass is 16.5. The van der Waals surface area contributed by atoms with E-state index in [2.05, 4.69) is 34.6 Å². The molecule has 1 N–H and O–H groups in total. The quantitative estimate of drug-likeness (QED) is 0.761. The number of pyridine rings is 1. The fourth-order valence-electron chi connectivity index (χ4n) is 2.82. The van der Waals surface area contributed by atoms with E-state index in [0.717, 1.165) is 51.3 Å². The van der Waals surface area contributed by atoms with Crippen LogP contribution >= 0.6 is 0 Å².